The number of hydrogen-bond acceptors (Lipinski definition) is 3. The standard InChI is InChI=1S/C12H16ClN3O3/c1-15-9-7-16(10(17)3-2-5-13)6-4-8(9)11(14-15)12(18)19/h2-7H2,1H3,(H,18,19). The first-order valence-corrected chi connectivity index (χ1v) is 6.69. The van der Waals surface area contributed by atoms with Crippen molar-refractivity contribution < 1.29 is 14.7 Å². The molecule has 0 radical (unpaired) electrons. The predicted molar refractivity (Wildman–Crippen MR) is 69.2 cm³/mol. The van der Waals surface area contributed by atoms with E-state index in [4.69, 9.17) is 16.7 Å². The zero-order chi connectivity index (χ0) is 14.0. The molecular weight excluding hydrogens is 270 g/mol. The highest BCUT2D eigenvalue weighted by molar-refractivity contribution is 6.17. The lowest BCUT2D eigenvalue weighted by atomic mass is 10.0. The minimum atomic E-state index is -1.02. The Bertz CT molecular complexity index is 513. The van der Waals surface area contributed by atoms with E-state index >= 15 is 0 Å². The molecule has 0 spiro atoms. The summed E-state index contributed by atoms with van der Waals surface area (Å²) in [4.78, 5) is 24.8. The first kappa shape index (κ1) is 13.9. The zero-order valence-electron chi connectivity index (χ0n) is 10.7. The topological polar surface area (TPSA) is 75.4 Å². The fourth-order valence-corrected chi connectivity index (χ4v) is 2.46. The van der Waals surface area contributed by atoms with Crippen molar-refractivity contribution in [2.75, 3.05) is 12.4 Å². The molecule has 1 N–H and O–H groups in total. The molecule has 1 amide bonds. The van der Waals surface area contributed by atoms with Gasteiger partial charge in [-0.1, -0.05) is 0 Å². The second-order valence-electron chi connectivity index (χ2n) is 4.56. The summed E-state index contributed by atoms with van der Waals surface area (Å²) in [5, 5.41) is 13.1. The normalized spacial score (nSPS) is 14.3. The van der Waals surface area contributed by atoms with E-state index in [9.17, 15) is 9.59 Å². The van der Waals surface area contributed by atoms with Crippen LogP contribution in [0.1, 0.15) is 34.6 Å². The summed E-state index contributed by atoms with van der Waals surface area (Å²) in [6, 6.07) is 0. The number of fused-ring (bicyclic) bond motifs is 1. The van der Waals surface area contributed by atoms with Gasteiger partial charge in [-0.15, -0.1) is 11.6 Å². The number of carbonyl (C=O) groups excluding carboxylic acids is 1. The van der Waals surface area contributed by atoms with E-state index in [0.29, 0.717) is 38.2 Å². The first-order chi connectivity index (χ1) is 9.04. The fraction of sp³-hybridized carbons (Fsp3) is 0.583. The van der Waals surface area contributed by atoms with Gasteiger partial charge in [0, 0.05) is 31.5 Å². The highest BCUT2D eigenvalue weighted by Gasteiger charge is 2.28. The van der Waals surface area contributed by atoms with Crippen LogP contribution in [-0.2, 0) is 24.8 Å². The monoisotopic (exact) mass is 285 g/mol. The van der Waals surface area contributed by atoms with Crippen molar-refractivity contribution in [2.24, 2.45) is 7.05 Å². The number of carboxylic acid groups (broad SMARTS) is 1. The smallest absolute Gasteiger partial charge is 0.356 e. The van der Waals surface area contributed by atoms with Gasteiger partial charge in [0.05, 0.1) is 12.2 Å². The van der Waals surface area contributed by atoms with E-state index in [1.54, 1.807) is 16.6 Å². The van der Waals surface area contributed by atoms with Crippen molar-refractivity contribution in [2.45, 2.75) is 25.8 Å². The van der Waals surface area contributed by atoms with Crippen molar-refractivity contribution in [3.05, 3.63) is 17.0 Å². The number of aromatic carboxylic acids is 1. The van der Waals surface area contributed by atoms with Crippen LogP contribution in [0.3, 0.4) is 0 Å². The van der Waals surface area contributed by atoms with Gasteiger partial charge in [-0.25, -0.2) is 4.79 Å². The summed E-state index contributed by atoms with van der Waals surface area (Å²) < 4.78 is 1.56. The van der Waals surface area contributed by atoms with Gasteiger partial charge in [-0.2, -0.15) is 5.10 Å². The third kappa shape index (κ3) is 2.73. The fourth-order valence-electron chi connectivity index (χ4n) is 2.33. The molecule has 1 aliphatic heterocycles. The summed E-state index contributed by atoms with van der Waals surface area (Å²) in [5.41, 5.74) is 1.66. The second kappa shape index (κ2) is 5.61. The van der Waals surface area contributed by atoms with Crippen molar-refractivity contribution in [1.82, 2.24) is 14.7 Å². The maximum absolute atomic E-state index is 11.9. The lowest BCUT2D eigenvalue weighted by molar-refractivity contribution is -0.132. The molecule has 1 aliphatic rings. The van der Waals surface area contributed by atoms with Gasteiger partial charge in [0.25, 0.3) is 0 Å². The minimum absolute atomic E-state index is 0.0596. The van der Waals surface area contributed by atoms with Crippen LogP contribution in [0.2, 0.25) is 0 Å². The molecule has 0 atom stereocenters. The molecule has 0 saturated carbocycles. The van der Waals surface area contributed by atoms with Gasteiger partial charge in [0.1, 0.15) is 0 Å². The van der Waals surface area contributed by atoms with Gasteiger partial charge in [0.15, 0.2) is 5.69 Å². The summed E-state index contributed by atoms with van der Waals surface area (Å²) >= 11 is 5.58. The molecule has 0 saturated heterocycles. The number of halogens is 1. The Morgan fingerprint density at radius 2 is 2.21 bits per heavy atom. The van der Waals surface area contributed by atoms with Crippen molar-refractivity contribution in [3.8, 4) is 0 Å². The Kier molecular flexibility index (Phi) is 4.09. The van der Waals surface area contributed by atoms with Crippen LogP contribution in [0.25, 0.3) is 0 Å². The molecule has 19 heavy (non-hydrogen) atoms. The third-order valence-electron chi connectivity index (χ3n) is 3.33. The van der Waals surface area contributed by atoms with Crippen LogP contribution < -0.4 is 0 Å². The Balaban J connectivity index is 2.16. The van der Waals surface area contributed by atoms with Gasteiger partial charge in [-0.05, 0) is 12.8 Å². The van der Waals surface area contributed by atoms with Crippen LogP contribution in [0, 0.1) is 0 Å². The molecule has 0 aliphatic carbocycles. The number of aryl methyl sites for hydroxylation is 1. The molecule has 104 valence electrons. The van der Waals surface area contributed by atoms with Gasteiger partial charge in [0.2, 0.25) is 5.91 Å². The first-order valence-electron chi connectivity index (χ1n) is 6.16. The molecule has 0 fully saturated rings. The van der Waals surface area contributed by atoms with E-state index in [-0.39, 0.29) is 11.6 Å². The molecule has 1 aromatic heterocycles. The third-order valence-corrected chi connectivity index (χ3v) is 3.59. The Hall–Kier alpha value is -1.56. The van der Waals surface area contributed by atoms with Crippen LogP contribution in [0.4, 0.5) is 0 Å². The van der Waals surface area contributed by atoms with E-state index in [1.807, 2.05) is 0 Å². The van der Waals surface area contributed by atoms with Gasteiger partial charge in [-0.3, -0.25) is 9.48 Å². The zero-order valence-corrected chi connectivity index (χ0v) is 11.5. The van der Waals surface area contributed by atoms with E-state index in [0.717, 1.165) is 11.3 Å². The minimum Gasteiger partial charge on any atom is -0.476 e. The highest BCUT2D eigenvalue weighted by Crippen LogP contribution is 2.22. The number of alkyl halides is 1. The average molecular weight is 286 g/mol. The molecular formula is C12H16ClN3O3. The number of amides is 1. The van der Waals surface area contributed by atoms with E-state index in [2.05, 4.69) is 5.10 Å². The Morgan fingerprint density at radius 3 is 2.84 bits per heavy atom. The quantitative estimate of drug-likeness (QED) is 0.838. The number of rotatable bonds is 4. The molecule has 2 heterocycles. The van der Waals surface area contributed by atoms with Crippen LogP contribution in [-0.4, -0.2) is 44.1 Å². The number of carbonyl (C=O) groups is 2. The molecule has 0 bridgehead atoms. The largest absolute Gasteiger partial charge is 0.476 e. The second-order valence-corrected chi connectivity index (χ2v) is 4.94. The van der Waals surface area contributed by atoms with Crippen LogP contribution in [0.15, 0.2) is 0 Å². The molecule has 7 heteroatoms. The number of hydrogen-bond donors (Lipinski definition) is 1. The lowest BCUT2D eigenvalue weighted by Gasteiger charge is -2.27. The van der Waals surface area contributed by atoms with Gasteiger partial charge >= 0.3 is 5.97 Å². The number of carboxylic acids is 1. The van der Waals surface area contributed by atoms with Crippen molar-refractivity contribution in [3.63, 3.8) is 0 Å². The van der Waals surface area contributed by atoms with Crippen LogP contribution in [0.5, 0.6) is 0 Å². The van der Waals surface area contributed by atoms with E-state index in [1.165, 1.54) is 0 Å². The summed E-state index contributed by atoms with van der Waals surface area (Å²) in [6.45, 7) is 0.966. The lowest BCUT2D eigenvalue weighted by Crippen LogP contribution is -2.36. The van der Waals surface area contributed by atoms with E-state index < -0.39 is 5.97 Å². The molecule has 6 nitrogen and oxygen atoms in total. The van der Waals surface area contributed by atoms with Crippen LogP contribution >= 0.6 is 11.6 Å². The maximum Gasteiger partial charge on any atom is 0.356 e. The summed E-state index contributed by atoms with van der Waals surface area (Å²) in [7, 11) is 1.71. The highest BCUT2D eigenvalue weighted by atomic mass is 35.5. The summed E-state index contributed by atoms with van der Waals surface area (Å²) in [6.07, 6.45) is 1.63. The summed E-state index contributed by atoms with van der Waals surface area (Å²) in [5.74, 6) is -0.483. The number of nitrogens with zero attached hydrogens (tertiary/aromatic N) is 3. The van der Waals surface area contributed by atoms with Crippen molar-refractivity contribution in [1.29, 1.82) is 0 Å². The molecule has 0 unspecified atom stereocenters. The maximum atomic E-state index is 11.9. The predicted octanol–water partition coefficient (Wildman–Crippen LogP) is 1.02. The molecule has 1 aromatic rings. The average Bonchev–Trinajstić information content (AvgIpc) is 2.73. The SMILES string of the molecule is Cn1nc(C(=O)O)c2c1CN(C(=O)CCCCl)CC2. The van der Waals surface area contributed by atoms with Crippen molar-refractivity contribution >= 4 is 23.5 Å². The van der Waals surface area contributed by atoms with Gasteiger partial charge < -0.3 is 10.0 Å². The molecule has 0 aromatic carbocycles. The molecule has 2 rings (SSSR count). The Morgan fingerprint density at radius 1 is 1.47 bits per heavy atom. The number of aromatic nitrogens is 2. The Labute approximate surface area is 115 Å².